The van der Waals surface area contributed by atoms with E-state index in [1.54, 1.807) is 6.07 Å². The molecule has 0 radical (unpaired) electrons. The van der Waals surface area contributed by atoms with Crippen molar-refractivity contribution in [3.63, 3.8) is 0 Å². The number of pyridine rings is 1. The van der Waals surface area contributed by atoms with Crippen LogP contribution >= 0.6 is 23.2 Å². The average molecular weight is 303 g/mol. The number of anilines is 1. The number of benzene rings is 2. The third-order valence-electron chi connectivity index (χ3n) is 3.14. The highest BCUT2D eigenvalue weighted by atomic mass is 35.5. The maximum Gasteiger partial charge on any atom is 0.0705 e. The molecule has 100 valence electrons. The van der Waals surface area contributed by atoms with Gasteiger partial charge in [-0.3, -0.25) is 4.98 Å². The monoisotopic (exact) mass is 302 g/mol. The summed E-state index contributed by atoms with van der Waals surface area (Å²) in [5.41, 5.74) is 3.14. The van der Waals surface area contributed by atoms with Crippen LogP contribution < -0.4 is 5.32 Å². The van der Waals surface area contributed by atoms with E-state index in [1.165, 1.54) is 5.56 Å². The molecule has 0 atom stereocenters. The van der Waals surface area contributed by atoms with Crippen molar-refractivity contribution >= 4 is 39.8 Å². The van der Waals surface area contributed by atoms with E-state index in [9.17, 15) is 0 Å². The number of nitrogens with one attached hydrogen (secondary N) is 1. The van der Waals surface area contributed by atoms with Gasteiger partial charge in [-0.15, -0.1) is 0 Å². The SMILES string of the molecule is Clc1ccc(NCc2ccnc3ccccc23)cc1Cl. The van der Waals surface area contributed by atoms with Gasteiger partial charge >= 0.3 is 0 Å². The lowest BCUT2D eigenvalue weighted by molar-refractivity contribution is 1.16. The van der Waals surface area contributed by atoms with E-state index in [0.717, 1.165) is 16.6 Å². The normalized spacial score (nSPS) is 10.7. The molecule has 2 nitrogen and oxygen atoms in total. The van der Waals surface area contributed by atoms with Crippen LogP contribution in [0.2, 0.25) is 10.0 Å². The molecule has 1 aromatic heterocycles. The zero-order valence-electron chi connectivity index (χ0n) is 10.6. The molecular weight excluding hydrogens is 291 g/mol. The first kappa shape index (κ1) is 13.2. The van der Waals surface area contributed by atoms with Crippen molar-refractivity contribution in [3.8, 4) is 0 Å². The van der Waals surface area contributed by atoms with Crippen LogP contribution in [0.4, 0.5) is 5.69 Å². The van der Waals surface area contributed by atoms with Gasteiger partial charge in [0, 0.05) is 23.8 Å². The fourth-order valence-corrected chi connectivity index (χ4v) is 2.41. The number of para-hydroxylation sites is 1. The first-order valence-electron chi connectivity index (χ1n) is 6.25. The lowest BCUT2D eigenvalue weighted by Crippen LogP contribution is -2.00. The molecule has 0 aliphatic heterocycles. The lowest BCUT2D eigenvalue weighted by atomic mass is 10.1. The van der Waals surface area contributed by atoms with Gasteiger partial charge in [0.1, 0.15) is 0 Å². The number of fused-ring (bicyclic) bond motifs is 1. The highest BCUT2D eigenvalue weighted by Crippen LogP contribution is 2.25. The molecule has 3 aromatic rings. The van der Waals surface area contributed by atoms with Gasteiger partial charge < -0.3 is 5.32 Å². The van der Waals surface area contributed by atoms with Crippen LogP contribution in [0.1, 0.15) is 5.56 Å². The zero-order chi connectivity index (χ0) is 13.9. The minimum Gasteiger partial charge on any atom is -0.381 e. The van der Waals surface area contributed by atoms with Gasteiger partial charge in [0.05, 0.1) is 15.6 Å². The van der Waals surface area contributed by atoms with Crippen molar-refractivity contribution in [2.45, 2.75) is 6.54 Å². The fourth-order valence-electron chi connectivity index (χ4n) is 2.11. The Labute approximate surface area is 127 Å². The van der Waals surface area contributed by atoms with Crippen LogP contribution in [0.25, 0.3) is 10.9 Å². The van der Waals surface area contributed by atoms with Gasteiger partial charge in [-0.1, -0.05) is 41.4 Å². The molecule has 0 aliphatic rings. The van der Waals surface area contributed by atoms with Gasteiger partial charge in [-0.25, -0.2) is 0 Å². The van der Waals surface area contributed by atoms with Gasteiger partial charge in [-0.05, 0) is 35.9 Å². The quantitative estimate of drug-likeness (QED) is 0.723. The van der Waals surface area contributed by atoms with Crippen LogP contribution in [-0.2, 0) is 6.54 Å². The summed E-state index contributed by atoms with van der Waals surface area (Å²) in [5.74, 6) is 0. The van der Waals surface area contributed by atoms with Gasteiger partial charge in [0.2, 0.25) is 0 Å². The Morgan fingerprint density at radius 1 is 0.950 bits per heavy atom. The zero-order valence-corrected chi connectivity index (χ0v) is 12.1. The second-order valence-corrected chi connectivity index (χ2v) is 5.28. The lowest BCUT2D eigenvalue weighted by Gasteiger charge is -2.09. The standard InChI is InChI=1S/C16H12Cl2N2/c17-14-6-5-12(9-15(14)18)20-10-11-7-8-19-16-4-2-1-3-13(11)16/h1-9,20H,10H2. The summed E-state index contributed by atoms with van der Waals surface area (Å²) in [7, 11) is 0. The Balaban J connectivity index is 1.85. The maximum atomic E-state index is 6.01. The summed E-state index contributed by atoms with van der Waals surface area (Å²) in [5, 5.41) is 5.62. The van der Waals surface area contributed by atoms with Gasteiger partial charge in [0.15, 0.2) is 0 Å². The van der Waals surface area contributed by atoms with Crippen molar-refractivity contribution in [3.05, 3.63) is 70.3 Å². The molecule has 0 amide bonds. The van der Waals surface area contributed by atoms with E-state index < -0.39 is 0 Å². The smallest absolute Gasteiger partial charge is 0.0705 e. The summed E-state index contributed by atoms with van der Waals surface area (Å²) in [4.78, 5) is 4.36. The molecule has 0 saturated carbocycles. The van der Waals surface area contributed by atoms with Gasteiger partial charge in [-0.2, -0.15) is 0 Å². The topological polar surface area (TPSA) is 24.9 Å². The number of hydrogen-bond donors (Lipinski definition) is 1. The van der Waals surface area contributed by atoms with Crippen molar-refractivity contribution in [2.24, 2.45) is 0 Å². The first-order valence-corrected chi connectivity index (χ1v) is 7.01. The summed E-state index contributed by atoms with van der Waals surface area (Å²) in [6, 6.07) is 15.7. The molecule has 1 heterocycles. The molecule has 0 spiro atoms. The van der Waals surface area contributed by atoms with E-state index in [1.807, 2.05) is 42.6 Å². The molecule has 2 aromatic carbocycles. The average Bonchev–Trinajstić information content (AvgIpc) is 2.48. The number of rotatable bonds is 3. The molecule has 20 heavy (non-hydrogen) atoms. The Morgan fingerprint density at radius 3 is 2.65 bits per heavy atom. The van der Waals surface area contributed by atoms with E-state index in [-0.39, 0.29) is 0 Å². The Hall–Kier alpha value is -1.77. The third-order valence-corrected chi connectivity index (χ3v) is 3.88. The van der Waals surface area contributed by atoms with Crippen molar-refractivity contribution in [1.82, 2.24) is 4.98 Å². The summed E-state index contributed by atoms with van der Waals surface area (Å²) in [6.07, 6.45) is 1.83. The van der Waals surface area contributed by atoms with E-state index >= 15 is 0 Å². The first-order chi connectivity index (χ1) is 9.74. The number of nitrogens with zero attached hydrogens (tertiary/aromatic N) is 1. The summed E-state index contributed by atoms with van der Waals surface area (Å²) < 4.78 is 0. The predicted molar refractivity (Wildman–Crippen MR) is 85.5 cm³/mol. The van der Waals surface area contributed by atoms with Crippen LogP contribution in [0.3, 0.4) is 0 Å². The Kier molecular flexibility index (Phi) is 3.77. The third kappa shape index (κ3) is 2.72. The van der Waals surface area contributed by atoms with Gasteiger partial charge in [0.25, 0.3) is 0 Å². The molecule has 0 aliphatic carbocycles. The molecule has 0 saturated heterocycles. The molecule has 0 fully saturated rings. The molecule has 0 unspecified atom stereocenters. The van der Waals surface area contributed by atoms with E-state index in [0.29, 0.717) is 16.6 Å². The molecule has 3 rings (SSSR count). The second kappa shape index (κ2) is 5.70. The number of hydrogen-bond acceptors (Lipinski definition) is 2. The van der Waals surface area contributed by atoms with Crippen LogP contribution in [-0.4, -0.2) is 4.98 Å². The summed E-state index contributed by atoms with van der Waals surface area (Å²) >= 11 is 11.9. The fraction of sp³-hybridized carbons (Fsp3) is 0.0625. The molecule has 0 bridgehead atoms. The van der Waals surface area contributed by atoms with E-state index in [2.05, 4.69) is 16.4 Å². The molecule has 1 N–H and O–H groups in total. The van der Waals surface area contributed by atoms with E-state index in [4.69, 9.17) is 23.2 Å². The highest BCUT2D eigenvalue weighted by Gasteiger charge is 2.02. The Bertz CT molecular complexity index is 751. The van der Waals surface area contributed by atoms with Crippen molar-refractivity contribution in [1.29, 1.82) is 0 Å². The molecule has 4 heteroatoms. The van der Waals surface area contributed by atoms with Crippen LogP contribution in [0.15, 0.2) is 54.7 Å². The maximum absolute atomic E-state index is 6.01. The predicted octanol–water partition coefficient (Wildman–Crippen LogP) is 5.15. The highest BCUT2D eigenvalue weighted by molar-refractivity contribution is 6.42. The van der Waals surface area contributed by atoms with Crippen molar-refractivity contribution in [2.75, 3.05) is 5.32 Å². The largest absolute Gasteiger partial charge is 0.381 e. The minimum atomic E-state index is 0.552. The second-order valence-electron chi connectivity index (χ2n) is 4.47. The number of aromatic nitrogens is 1. The van der Waals surface area contributed by atoms with Crippen molar-refractivity contribution < 1.29 is 0 Å². The number of halogens is 2. The Morgan fingerprint density at radius 2 is 1.80 bits per heavy atom. The minimum absolute atomic E-state index is 0.552. The van der Waals surface area contributed by atoms with Crippen LogP contribution in [0, 0.1) is 0 Å². The molecular formula is C16H12Cl2N2. The van der Waals surface area contributed by atoms with Crippen LogP contribution in [0.5, 0.6) is 0 Å². The summed E-state index contributed by atoms with van der Waals surface area (Å²) in [6.45, 7) is 0.709.